The summed E-state index contributed by atoms with van der Waals surface area (Å²) in [6.45, 7) is 8.61. The predicted octanol–water partition coefficient (Wildman–Crippen LogP) is 3.85. The molecule has 4 rings (SSSR count). The number of aromatic amines is 1. The lowest BCUT2D eigenvalue weighted by Crippen LogP contribution is -2.43. The maximum Gasteiger partial charge on any atom is 0.310 e. The second kappa shape index (κ2) is 8.30. The maximum atomic E-state index is 13.6. The maximum absolute atomic E-state index is 13.6. The highest BCUT2D eigenvalue weighted by Crippen LogP contribution is 2.39. The summed E-state index contributed by atoms with van der Waals surface area (Å²) >= 11 is 0. The monoisotopic (exact) mass is 460 g/mol. The number of benzene rings is 1. The average molecular weight is 461 g/mol. The van der Waals surface area contributed by atoms with E-state index in [4.69, 9.17) is 4.74 Å². The van der Waals surface area contributed by atoms with Crippen LogP contribution in [-0.4, -0.2) is 49.2 Å². The molecule has 1 N–H and O–H groups in total. The number of carbonyl (C=O) groups is 2. The number of sulfonamides is 1. The SMILES string of the molecule is CCOC(=O)[C@H]1CCCN(S(=O)(=O)c2cc3[nH]c4c(c3cc2CC)C(=O)CC(C)(C)C4)C1. The van der Waals surface area contributed by atoms with Crippen LogP contribution in [0.1, 0.15) is 68.6 Å². The van der Waals surface area contributed by atoms with Crippen LogP contribution < -0.4 is 0 Å². The van der Waals surface area contributed by atoms with Gasteiger partial charge in [0.2, 0.25) is 10.0 Å². The fraction of sp³-hybridized carbons (Fsp3) is 0.583. The van der Waals surface area contributed by atoms with Crippen molar-refractivity contribution >= 4 is 32.7 Å². The van der Waals surface area contributed by atoms with Crippen molar-refractivity contribution in [3.8, 4) is 0 Å². The van der Waals surface area contributed by atoms with Gasteiger partial charge in [-0.2, -0.15) is 4.31 Å². The van der Waals surface area contributed by atoms with Crippen LogP contribution in [0.15, 0.2) is 17.0 Å². The lowest BCUT2D eigenvalue weighted by atomic mass is 9.76. The van der Waals surface area contributed by atoms with E-state index in [0.717, 1.165) is 17.5 Å². The van der Waals surface area contributed by atoms with Crippen molar-refractivity contribution in [3.05, 3.63) is 29.0 Å². The minimum atomic E-state index is -3.79. The summed E-state index contributed by atoms with van der Waals surface area (Å²) in [5.41, 5.74) is 2.84. The van der Waals surface area contributed by atoms with Gasteiger partial charge in [-0.3, -0.25) is 9.59 Å². The molecule has 8 heteroatoms. The Morgan fingerprint density at radius 1 is 1.25 bits per heavy atom. The summed E-state index contributed by atoms with van der Waals surface area (Å²) in [7, 11) is -3.79. The number of aromatic nitrogens is 1. The molecule has 174 valence electrons. The van der Waals surface area contributed by atoms with E-state index in [0.29, 0.717) is 48.9 Å². The Morgan fingerprint density at radius 2 is 2.00 bits per heavy atom. The van der Waals surface area contributed by atoms with Gasteiger partial charge in [0.1, 0.15) is 0 Å². The second-order valence-electron chi connectivity index (χ2n) is 9.73. The summed E-state index contributed by atoms with van der Waals surface area (Å²) < 4.78 is 33.8. The van der Waals surface area contributed by atoms with Crippen LogP contribution in [0.3, 0.4) is 0 Å². The summed E-state index contributed by atoms with van der Waals surface area (Å²) in [6, 6.07) is 3.54. The average Bonchev–Trinajstić information content (AvgIpc) is 3.09. The third-order valence-corrected chi connectivity index (χ3v) is 8.58. The fourth-order valence-electron chi connectivity index (χ4n) is 5.11. The van der Waals surface area contributed by atoms with Crippen LogP contribution in [0, 0.1) is 11.3 Å². The number of ketones is 1. The van der Waals surface area contributed by atoms with Crippen LogP contribution in [0.4, 0.5) is 0 Å². The van der Waals surface area contributed by atoms with Crippen molar-refractivity contribution in [2.45, 2.75) is 64.7 Å². The van der Waals surface area contributed by atoms with E-state index in [-0.39, 0.29) is 35.2 Å². The van der Waals surface area contributed by atoms with Crippen LogP contribution in [0.2, 0.25) is 0 Å². The highest BCUT2D eigenvalue weighted by molar-refractivity contribution is 7.89. The van der Waals surface area contributed by atoms with Crippen molar-refractivity contribution in [1.82, 2.24) is 9.29 Å². The Hall–Kier alpha value is -2.19. The molecule has 1 atom stereocenters. The van der Waals surface area contributed by atoms with E-state index in [1.165, 1.54) is 4.31 Å². The molecule has 0 radical (unpaired) electrons. The van der Waals surface area contributed by atoms with E-state index in [2.05, 4.69) is 18.8 Å². The molecule has 0 bridgehead atoms. The topological polar surface area (TPSA) is 96.5 Å². The van der Waals surface area contributed by atoms with E-state index in [9.17, 15) is 18.0 Å². The zero-order valence-corrected chi connectivity index (χ0v) is 20.1. The quantitative estimate of drug-likeness (QED) is 0.684. The Kier molecular flexibility index (Phi) is 5.96. The number of aryl methyl sites for hydroxylation is 1. The normalized spacial score (nSPS) is 21.5. The Labute approximate surface area is 189 Å². The highest BCUT2D eigenvalue weighted by Gasteiger charge is 2.37. The van der Waals surface area contributed by atoms with Gasteiger partial charge in [-0.25, -0.2) is 8.42 Å². The molecule has 1 saturated heterocycles. The number of rotatable bonds is 5. The van der Waals surface area contributed by atoms with Gasteiger partial charge in [0, 0.05) is 41.7 Å². The molecule has 0 unspecified atom stereocenters. The van der Waals surface area contributed by atoms with E-state index in [1.807, 2.05) is 13.0 Å². The number of piperidine rings is 1. The van der Waals surface area contributed by atoms with Crippen molar-refractivity contribution in [2.24, 2.45) is 11.3 Å². The number of carbonyl (C=O) groups excluding carboxylic acids is 2. The number of hydrogen-bond acceptors (Lipinski definition) is 5. The van der Waals surface area contributed by atoms with Crippen LogP contribution in [0.5, 0.6) is 0 Å². The second-order valence-corrected chi connectivity index (χ2v) is 11.6. The number of esters is 1. The largest absolute Gasteiger partial charge is 0.466 e. The molecule has 1 aliphatic carbocycles. The number of ether oxygens (including phenoxy) is 1. The lowest BCUT2D eigenvalue weighted by molar-refractivity contribution is -0.149. The summed E-state index contributed by atoms with van der Waals surface area (Å²) in [5, 5.41) is 0.805. The first-order valence-electron chi connectivity index (χ1n) is 11.4. The molecular formula is C24H32N2O5S. The fourth-order valence-corrected chi connectivity index (χ4v) is 6.93. The molecule has 0 spiro atoms. The molecule has 0 saturated carbocycles. The number of Topliss-reactive ketones (excluding diaryl/α,β-unsaturated/α-hetero) is 1. The molecule has 1 aromatic heterocycles. The molecule has 1 aliphatic heterocycles. The number of hydrogen-bond donors (Lipinski definition) is 1. The molecule has 0 amide bonds. The third-order valence-electron chi connectivity index (χ3n) is 6.63. The lowest BCUT2D eigenvalue weighted by Gasteiger charge is -2.31. The first kappa shape index (κ1) is 23.0. The van der Waals surface area contributed by atoms with Crippen molar-refractivity contribution < 1.29 is 22.7 Å². The molecule has 2 aromatic rings. The van der Waals surface area contributed by atoms with Crippen molar-refractivity contribution in [2.75, 3.05) is 19.7 Å². The molecule has 1 fully saturated rings. The standard InChI is InChI=1S/C24H32N2O5S/c1-5-15-10-17-18(25-19-12-24(3,4)13-20(27)22(17)19)11-21(15)32(29,30)26-9-7-8-16(14-26)23(28)31-6-2/h10-11,16,25H,5-9,12-14H2,1-4H3/t16-/m0/s1. The van der Waals surface area contributed by atoms with E-state index in [1.54, 1.807) is 13.0 Å². The molecule has 2 heterocycles. The highest BCUT2D eigenvalue weighted by atomic mass is 32.2. The molecule has 2 aliphatic rings. The van der Waals surface area contributed by atoms with Crippen LogP contribution in [0.25, 0.3) is 10.9 Å². The summed E-state index contributed by atoms with van der Waals surface area (Å²) in [5.74, 6) is -0.671. The first-order valence-corrected chi connectivity index (χ1v) is 12.9. The Balaban J connectivity index is 1.75. The number of fused-ring (bicyclic) bond motifs is 3. The zero-order valence-electron chi connectivity index (χ0n) is 19.3. The minimum absolute atomic E-state index is 0.105. The van der Waals surface area contributed by atoms with Gasteiger partial charge in [-0.15, -0.1) is 0 Å². The molecular weight excluding hydrogens is 428 g/mol. The first-order chi connectivity index (χ1) is 15.1. The van der Waals surface area contributed by atoms with Crippen molar-refractivity contribution in [1.29, 1.82) is 0 Å². The minimum Gasteiger partial charge on any atom is -0.466 e. The van der Waals surface area contributed by atoms with Crippen LogP contribution in [-0.2, 0) is 32.4 Å². The van der Waals surface area contributed by atoms with E-state index < -0.39 is 15.9 Å². The Morgan fingerprint density at radius 3 is 2.69 bits per heavy atom. The van der Waals surface area contributed by atoms with Gasteiger partial charge < -0.3 is 9.72 Å². The molecule has 32 heavy (non-hydrogen) atoms. The van der Waals surface area contributed by atoms with Crippen molar-refractivity contribution in [3.63, 3.8) is 0 Å². The van der Waals surface area contributed by atoms with Crippen LogP contribution >= 0.6 is 0 Å². The number of H-pyrrole nitrogens is 1. The zero-order chi connectivity index (χ0) is 23.3. The van der Waals surface area contributed by atoms with Gasteiger partial charge in [-0.05, 0) is 55.7 Å². The number of nitrogens with zero attached hydrogens (tertiary/aromatic N) is 1. The van der Waals surface area contributed by atoms with E-state index >= 15 is 0 Å². The summed E-state index contributed by atoms with van der Waals surface area (Å²) in [4.78, 5) is 28.7. The van der Waals surface area contributed by atoms with Gasteiger partial charge in [0.15, 0.2) is 5.78 Å². The smallest absolute Gasteiger partial charge is 0.310 e. The predicted molar refractivity (Wildman–Crippen MR) is 122 cm³/mol. The number of nitrogens with one attached hydrogen (secondary N) is 1. The van der Waals surface area contributed by atoms with Gasteiger partial charge in [0.05, 0.1) is 17.4 Å². The van der Waals surface area contributed by atoms with Gasteiger partial charge in [0.25, 0.3) is 0 Å². The third kappa shape index (κ3) is 3.99. The van der Waals surface area contributed by atoms with Gasteiger partial charge >= 0.3 is 5.97 Å². The summed E-state index contributed by atoms with van der Waals surface area (Å²) in [6.07, 6.45) is 3.01. The van der Waals surface area contributed by atoms with Gasteiger partial charge in [-0.1, -0.05) is 20.8 Å². The molecule has 1 aromatic carbocycles. The molecule has 7 nitrogen and oxygen atoms in total. The Bertz CT molecular complexity index is 1180.